The van der Waals surface area contributed by atoms with E-state index in [4.69, 9.17) is 0 Å². The largest absolute Gasteiger partial charge is 0.361 e. The lowest BCUT2D eigenvalue weighted by Gasteiger charge is -2.31. The molecule has 28 heavy (non-hydrogen) atoms. The summed E-state index contributed by atoms with van der Waals surface area (Å²) in [6.07, 6.45) is 6.08. The summed E-state index contributed by atoms with van der Waals surface area (Å²) in [5.41, 5.74) is 4.69. The van der Waals surface area contributed by atoms with Crippen LogP contribution in [0.3, 0.4) is 0 Å². The highest BCUT2D eigenvalue weighted by molar-refractivity contribution is 9.10. The number of aryl methyl sites for hydroxylation is 1. The molecule has 0 aliphatic carbocycles. The van der Waals surface area contributed by atoms with Crippen molar-refractivity contribution in [1.29, 1.82) is 0 Å². The fourth-order valence-electron chi connectivity index (χ4n) is 4.23. The molecule has 1 aliphatic rings. The van der Waals surface area contributed by atoms with E-state index in [0.717, 1.165) is 55.4 Å². The zero-order valence-corrected chi connectivity index (χ0v) is 18.0. The van der Waals surface area contributed by atoms with Crippen LogP contribution in [0.25, 0.3) is 10.9 Å². The van der Waals surface area contributed by atoms with Gasteiger partial charge in [-0.05, 0) is 68.1 Å². The number of carbonyl (C=O) groups excluding carboxylic acids is 1. The van der Waals surface area contributed by atoms with E-state index in [1.807, 2.05) is 6.07 Å². The number of piperidine rings is 1. The highest BCUT2D eigenvalue weighted by atomic mass is 79.9. The summed E-state index contributed by atoms with van der Waals surface area (Å²) >= 11 is 3.60. The summed E-state index contributed by atoms with van der Waals surface area (Å²) in [4.78, 5) is 18.8. The topological polar surface area (TPSA) is 36.1 Å². The van der Waals surface area contributed by atoms with Gasteiger partial charge in [0.2, 0.25) is 0 Å². The van der Waals surface area contributed by atoms with Crippen LogP contribution >= 0.6 is 15.9 Å². The van der Waals surface area contributed by atoms with Gasteiger partial charge in [-0.3, -0.25) is 4.79 Å². The van der Waals surface area contributed by atoms with E-state index in [9.17, 15) is 4.79 Å². The molecule has 1 fully saturated rings. The van der Waals surface area contributed by atoms with Crippen LogP contribution in [-0.2, 0) is 12.8 Å². The number of carbonyl (C=O) groups is 1. The van der Waals surface area contributed by atoms with Crippen LogP contribution in [0.4, 0.5) is 0 Å². The first-order valence-corrected chi connectivity index (χ1v) is 11.0. The van der Waals surface area contributed by atoms with Crippen molar-refractivity contribution >= 4 is 32.6 Å². The number of hydrogen-bond donors (Lipinski definition) is 1. The molecule has 4 heteroatoms. The van der Waals surface area contributed by atoms with Crippen LogP contribution in [-0.4, -0.2) is 35.3 Å². The predicted octanol–water partition coefficient (Wildman–Crippen LogP) is 5.63. The Balaban J connectivity index is 1.32. The minimum atomic E-state index is 0.146. The first-order chi connectivity index (χ1) is 13.7. The minimum Gasteiger partial charge on any atom is -0.361 e. The SMILES string of the molecule is CCc1ccc(C(=O)C2CCN(CCc3c[nH]c4ccccc34)CC2)c(Br)c1. The Morgan fingerprint density at radius 3 is 2.71 bits per heavy atom. The lowest BCUT2D eigenvalue weighted by atomic mass is 9.88. The van der Waals surface area contributed by atoms with Crippen molar-refractivity contribution in [1.82, 2.24) is 9.88 Å². The van der Waals surface area contributed by atoms with Crippen molar-refractivity contribution < 1.29 is 4.79 Å². The average molecular weight is 439 g/mol. The predicted molar refractivity (Wildman–Crippen MR) is 119 cm³/mol. The molecule has 3 aromatic rings. The lowest BCUT2D eigenvalue weighted by molar-refractivity contribution is 0.0840. The quantitative estimate of drug-likeness (QED) is 0.506. The molecule has 1 saturated heterocycles. The maximum atomic E-state index is 13.0. The van der Waals surface area contributed by atoms with Crippen LogP contribution in [0.15, 0.2) is 53.1 Å². The number of nitrogens with one attached hydrogen (secondary N) is 1. The van der Waals surface area contributed by atoms with Gasteiger partial charge in [-0.2, -0.15) is 0 Å². The molecule has 0 radical (unpaired) electrons. The molecule has 4 rings (SSSR count). The number of para-hydroxylation sites is 1. The van der Waals surface area contributed by atoms with E-state index in [-0.39, 0.29) is 5.92 Å². The molecule has 0 atom stereocenters. The fraction of sp³-hybridized carbons (Fsp3) is 0.375. The van der Waals surface area contributed by atoms with Crippen molar-refractivity contribution in [3.8, 4) is 0 Å². The summed E-state index contributed by atoms with van der Waals surface area (Å²) in [7, 11) is 0. The number of likely N-dealkylation sites (tertiary alicyclic amines) is 1. The number of Topliss-reactive ketones (excluding diaryl/α,β-unsaturated/α-hetero) is 1. The van der Waals surface area contributed by atoms with Gasteiger partial charge in [0.15, 0.2) is 5.78 Å². The second-order valence-electron chi connectivity index (χ2n) is 7.76. The van der Waals surface area contributed by atoms with E-state index >= 15 is 0 Å². The van der Waals surface area contributed by atoms with Gasteiger partial charge in [0.25, 0.3) is 0 Å². The first-order valence-electron chi connectivity index (χ1n) is 10.3. The van der Waals surface area contributed by atoms with Crippen molar-refractivity contribution in [2.75, 3.05) is 19.6 Å². The zero-order valence-electron chi connectivity index (χ0n) is 16.4. The molecule has 2 heterocycles. The van der Waals surface area contributed by atoms with E-state index in [1.165, 1.54) is 22.0 Å². The second-order valence-corrected chi connectivity index (χ2v) is 8.61. The van der Waals surface area contributed by atoms with Crippen molar-refractivity contribution in [2.24, 2.45) is 5.92 Å². The van der Waals surface area contributed by atoms with E-state index in [0.29, 0.717) is 5.78 Å². The van der Waals surface area contributed by atoms with Crippen LogP contribution in [0.1, 0.15) is 41.3 Å². The van der Waals surface area contributed by atoms with Gasteiger partial charge >= 0.3 is 0 Å². The zero-order chi connectivity index (χ0) is 19.5. The molecule has 1 aromatic heterocycles. The summed E-state index contributed by atoms with van der Waals surface area (Å²) in [5, 5.41) is 1.33. The molecule has 2 aromatic carbocycles. The molecule has 0 saturated carbocycles. The van der Waals surface area contributed by atoms with Crippen LogP contribution < -0.4 is 0 Å². The second kappa shape index (κ2) is 8.62. The minimum absolute atomic E-state index is 0.146. The molecule has 1 N–H and O–H groups in total. The first kappa shape index (κ1) is 19.4. The van der Waals surface area contributed by atoms with Gasteiger partial charge in [0.1, 0.15) is 0 Å². The maximum Gasteiger partial charge on any atom is 0.167 e. The van der Waals surface area contributed by atoms with E-state index in [2.05, 4.69) is 75.3 Å². The Morgan fingerprint density at radius 1 is 1.18 bits per heavy atom. The van der Waals surface area contributed by atoms with Gasteiger partial charge in [-0.25, -0.2) is 0 Å². The van der Waals surface area contributed by atoms with Gasteiger partial charge in [-0.1, -0.05) is 47.1 Å². The highest BCUT2D eigenvalue weighted by Gasteiger charge is 2.26. The average Bonchev–Trinajstić information content (AvgIpc) is 3.15. The molecular weight excluding hydrogens is 412 g/mol. The Kier molecular flexibility index (Phi) is 5.98. The van der Waals surface area contributed by atoms with E-state index < -0.39 is 0 Å². The van der Waals surface area contributed by atoms with Gasteiger partial charge in [0, 0.05) is 39.6 Å². The number of benzene rings is 2. The fourth-order valence-corrected chi connectivity index (χ4v) is 4.86. The molecule has 0 unspecified atom stereocenters. The van der Waals surface area contributed by atoms with Crippen LogP contribution in [0.5, 0.6) is 0 Å². The molecule has 3 nitrogen and oxygen atoms in total. The van der Waals surface area contributed by atoms with Gasteiger partial charge in [0.05, 0.1) is 0 Å². The third kappa shape index (κ3) is 4.08. The molecule has 0 spiro atoms. The number of hydrogen-bond acceptors (Lipinski definition) is 2. The summed E-state index contributed by atoms with van der Waals surface area (Å²) in [6, 6.07) is 14.6. The molecular formula is C24H27BrN2O. The van der Waals surface area contributed by atoms with Crippen molar-refractivity contribution in [3.63, 3.8) is 0 Å². The Morgan fingerprint density at radius 2 is 1.96 bits per heavy atom. The molecule has 0 bridgehead atoms. The maximum absolute atomic E-state index is 13.0. The Labute approximate surface area is 175 Å². The van der Waals surface area contributed by atoms with E-state index in [1.54, 1.807) is 0 Å². The van der Waals surface area contributed by atoms with Gasteiger partial charge in [-0.15, -0.1) is 0 Å². The van der Waals surface area contributed by atoms with Crippen LogP contribution in [0, 0.1) is 5.92 Å². The third-order valence-electron chi connectivity index (χ3n) is 6.04. The van der Waals surface area contributed by atoms with Crippen LogP contribution in [0.2, 0.25) is 0 Å². The third-order valence-corrected chi connectivity index (χ3v) is 6.69. The standard InChI is InChI=1S/C24H27BrN2O/c1-2-17-7-8-21(22(25)15-17)24(28)18-9-12-27(13-10-18)14-11-19-16-26-23-6-4-3-5-20(19)23/h3-8,15-16,18,26H,2,9-14H2,1H3. The summed E-state index contributed by atoms with van der Waals surface area (Å²) < 4.78 is 0.943. The number of aromatic amines is 1. The van der Waals surface area contributed by atoms with Gasteiger partial charge < -0.3 is 9.88 Å². The molecule has 146 valence electrons. The number of H-pyrrole nitrogens is 1. The smallest absolute Gasteiger partial charge is 0.167 e. The summed E-state index contributed by atoms with van der Waals surface area (Å²) in [5.74, 6) is 0.443. The Hall–Kier alpha value is -1.91. The molecule has 1 aliphatic heterocycles. The summed E-state index contributed by atoms with van der Waals surface area (Å²) in [6.45, 7) is 5.19. The Bertz CT molecular complexity index is 970. The lowest BCUT2D eigenvalue weighted by Crippen LogP contribution is -2.37. The number of halogens is 1. The highest BCUT2D eigenvalue weighted by Crippen LogP contribution is 2.27. The van der Waals surface area contributed by atoms with Crippen molar-refractivity contribution in [2.45, 2.75) is 32.6 Å². The number of nitrogens with zero attached hydrogens (tertiary/aromatic N) is 1. The normalized spacial score (nSPS) is 15.9. The monoisotopic (exact) mass is 438 g/mol. The molecule has 0 amide bonds. The number of ketones is 1. The number of rotatable bonds is 6. The van der Waals surface area contributed by atoms with Crippen molar-refractivity contribution in [3.05, 3.63) is 69.8 Å². The number of fused-ring (bicyclic) bond motifs is 1. The number of aromatic nitrogens is 1.